The van der Waals surface area contributed by atoms with Crippen molar-refractivity contribution in [3.63, 3.8) is 0 Å². The number of benzene rings is 1. The minimum atomic E-state index is -0.782. The second kappa shape index (κ2) is 8.52. The van der Waals surface area contributed by atoms with Crippen molar-refractivity contribution in [1.82, 2.24) is 15.1 Å². The number of piperidine rings is 1. The largest absolute Gasteiger partial charge is 0.465 e. The molecule has 0 radical (unpaired) electrons. The van der Waals surface area contributed by atoms with E-state index in [4.69, 9.17) is 9.47 Å². The summed E-state index contributed by atoms with van der Waals surface area (Å²) in [7, 11) is 1.21. The van der Waals surface area contributed by atoms with E-state index in [0.717, 1.165) is 25.7 Å². The van der Waals surface area contributed by atoms with E-state index in [0.29, 0.717) is 24.2 Å². The highest BCUT2D eigenvalue weighted by Gasteiger charge is 2.41. The van der Waals surface area contributed by atoms with Crippen LogP contribution in [0.25, 0.3) is 10.9 Å². The van der Waals surface area contributed by atoms with Gasteiger partial charge in [-0.15, -0.1) is 5.10 Å². The lowest BCUT2D eigenvalue weighted by atomic mass is 10.0. The number of hydrogen-bond acceptors (Lipinski definition) is 7. The number of aromatic nitrogens is 2. The van der Waals surface area contributed by atoms with Gasteiger partial charge in [-0.3, -0.25) is 0 Å². The zero-order chi connectivity index (χ0) is 23.0. The molecular weight excluding hydrogens is 415 g/mol. The van der Waals surface area contributed by atoms with Crippen LogP contribution >= 0.6 is 0 Å². The highest BCUT2D eigenvalue weighted by Crippen LogP contribution is 2.36. The number of halogens is 1. The maximum Gasteiger partial charge on any atom is 0.410 e. The molecule has 9 heteroatoms. The van der Waals surface area contributed by atoms with Crippen LogP contribution in [0.2, 0.25) is 0 Å². The summed E-state index contributed by atoms with van der Waals surface area (Å²) < 4.78 is 25.3. The maximum atomic E-state index is 14.9. The first-order chi connectivity index (χ1) is 15.2. The molecule has 1 amide bonds. The molecule has 2 fully saturated rings. The van der Waals surface area contributed by atoms with Crippen LogP contribution in [-0.4, -0.2) is 65.0 Å². The van der Waals surface area contributed by atoms with Gasteiger partial charge in [0.15, 0.2) is 0 Å². The molecule has 8 nitrogen and oxygen atoms in total. The van der Waals surface area contributed by atoms with E-state index in [-0.39, 0.29) is 29.3 Å². The molecule has 2 aromatic rings. The lowest BCUT2D eigenvalue weighted by Crippen LogP contribution is -2.50. The van der Waals surface area contributed by atoms with Crippen molar-refractivity contribution in [2.45, 2.75) is 64.1 Å². The number of ether oxygens (including phenoxy) is 2. The first-order valence-electron chi connectivity index (χ1n) is 11.0. The summed E-state index contributed by atoms with van der Waals surface area (Å²) in [6, 6.07) is 3.42. The number of amides is 1. The van der Waals surface area contributed by atoms with E-state index in [1.807, 2.05) is 25.7 Å². The third-order valence-corrected chi connectivity index (χ3v) is 5.87. The normalized spacial score (nSPS) is 17.3. The average molecular weight is 445 g/mol. The Morgan fingerprint density at radius 3 is 2.41 bits per heavy atom. The van der Waals surface area contributed by atoms with Gasteiger partial charge in [-0.1, -0.05) is 0 Å². The van der Waals surface area contributed by atoms with Gasteiger partial charge in [0.2, 0.25) is 0 Å². The monoisotopic (exact) mass is 444 g/mol. The Labute approximate surface area is 186 Å². The topological polar surface area (TPSA) is 84.9 Å². The third kappa shape index (κ3) is 4.47. The van der Waals surface area contributed by atoms with Gasteiger partial charge in [-0.05, 0) is 58.6 Å². The highest BCUT2D eigenvalue weighted by molar-refractivity contribution is 6.06. The number of rotatable bonds is 4. The molecule has 1 aromatic carbocycles. The standard InChI is InChI=1S/C23H29FN4O4/c1-23(2,3)32-22(30)28(14-5-6-14)15-8-11-27(12-9-15)18-13-17(24)19(21(29)31-4)20-16(18)7-10-25-26-20/h7,10,13-15H,5-6,8-9,11-12H2,1-4H3. The van der Waals surface area contributed by atoms with Crippen LogP contribution in [0.5, 0.6) is 0 Å². The maximum absolute atomic E-state index is 14.9. The second-order valence-corrected chi connectivity index (χ2v) is 9.37. The fraction of sp³-hybridized carbons (Fsp3) is 0.565. The van der Waals surface area contributed by atoms with E-state index in [1.54, 1.807) is 6.07 Å². The molecule has 1 aliphatic heterocycles. The van der Waals surface area contributed by atoms with Gasteiger partial charge in [0.05, 0.1) is 13.3 Å². The first kappa shape index (κ1) is 22.2. The van der Waals surface area contributed by atoms with Crippen LogP contribution in [0, 0.1) is 5.82 Å². The number of nitrogens with zero attached hydrogens (tertiary/aromatic N) is 4. The summed E-state index contributed by atoms with van der Waals surface area (Å²) in [5, 5.41) is 8.48. The summed E-state index contributed by atoms with van der Waals surface area (Å²) in [6.45, 7) is 6.91. The van der Waals surface area contributed by atoms with E-state index in [1.165, 1.54) is 19.4 Å². The minimum Gasteiger partial charge on any atom is -0.465 e. The number of fused-ring (bicyclic) bond motifs is 1. The van der Waals surface area contributed by atoms with Crippen LogP contribution in [-0.2, 0) is 9.47 Å². The van der Waals surface area contributed by atoms with Gasteiger partial charge in [0.25, 0.3) is 0 Å². The number of esters is 1. The molecule has 0 N–H and O–H groups in total. The third-order valence-electron chi connectivity index (χ3n) is 5.87. The first-order valence-corrected chi connectivity index (χ1v) is 11.0. The molecule has 0 spiro atoms. The molecule has 32 heavy (non-hydrogen) atoms. The molecule has 0 atom stereocenters. The second-order valence-electron chi connectivity index (χ2n) is 9.37. The van der Waals surface area contributed by atoms with Crippen molar-refractivity contribution < 1.29 is 23.5 Å². The Morgan fingerprint density at radius 2 is 1.81 bits per heavy atom. The Hall–Kier alpha value is -2.97. The Kier molecular flexibility index (Phi) is 5.92. The van der Waals surface area contributed by atoms with Gasteiger partial charge in [0.1, 0.15) is 22.5 Å². The lowest BCUT2D eigenvalue weighted by molar-refractivity contribution is 0.0113. The molecule has 0 unspecified atom stereocenters. The van der Waals surface area contributed by atoms with Crippen molar-refractivity contribution in [3.05, 3.63) is 29.7 Å². The number of anilines is 1. The summed E-state index contributed by atoms with van der Waals surface area (Å²) in [5.41, 5.74) is 0.0988. The zero-order valence-electron chi connectivity index (χ0n) is 18.9. The van der Waals surface area contributed by atoms with Gasteiger partial charge in [-0.2, -0.15) is 5.10 Å². The van der Waals surface area contributed by atoms with Crippen LogP contribution < -0.4 is 4.90 Å². The highest BCUT2D eigenvalue weighted by atomic mass is 19.1. The van der Waals surface area contributed by atoms with Crippen molar-refractivity contribution >= 4 is 28.7 Å². The quantitative estimate of drug-likeness (QED) is 0.661. The molecule has 1 saturated heterocycles. The molecule has 172 valence electrons. The van der Waals surface area contributed by atoms with Crippen molar-refractivity contribution in [2.24, 2.45) is 0 Å². The predicted molar refractivity (Wildman–Crippen MR) is 117 cm³/mol. The Balaban J connectivity index is 1.56. The minimum absolute atomic E-state index is 0.0823. The molecule has 1 aromatic heterocycles. The van der Waals surface area contributed by atoms with Gasteiger partial charge < -0.3 is 19.3 Å². The Morgan fingerprint density at radius 1 is 1.16 bits per heavy atom. The molecular formula is C23H29FN4O4. The van der Waals surface area contributed by atoms with E-state index in [2.05, 4.69) is 15.1 Å². The zero-order valence-corrected chi connectivity index (χ0v) is 18.9. The summed E-state index contributed by atoms with van der Waals surface area (Å²) in [4.78, 5) is 28.9. The number of carbonyl (C=O) groups excluding carboxylic acids is 2. The fourth-order valence-electron chi connectivity index (χ4n) is 4.31. The van der Waals surface area contributed by atoms with Crippen molar-refractivity contribution in [3.8, 4) is 0 Å². The lowest BCUT2D eigenvalue weighted by Gasteiger charge is -2.40. The molecule has 2 heterocycles. The van der Waals surface area contributed by atoms with Crippen LogP contribution in [0.3, 0.4) is 0 Å². The van der Waals surface area contributed by atoms with Crippen molar-refractivity contribution in [2.75, 3.05) is 25.1 Å². The van der Waals surface area contributed by atoms with E-state index < -0.39 is 17.4 Å². The number of hydrogen-bond donors (Lipinski definition) is 0. The molecule has 1 saturated carbocycles. The number of carbonyl (C=O) groups is 2. The fourth-order valence-corrected chi connectivity index (χ4v) is 4.31. The summed E-state index contributed by atoms with van der Waals surface area (Å²) in [5.74, 6) is -1.47. The average Bonchev–Trinajstić information content (AvgIpc) is 3.57. The SMILES string of the molecule is COC(=O)c1c(F)cc(N2CCC(N(C(=O)OC(C)(C)C)C3CC3)CC2)c2ccnnc12. The molecule has 0 bridgehead atoms. The molecule has 2 aliphatic rings. The Bertz CT molecular complexity index is 1030. The predicted octanol–water partition coefficient (Wildman–Crippen LogP) is 3.92. The van der Waals surface area contributed by atoms with Crippen molar-refractivity contribution in [1.29, 1.82) is 0 Å². The van der Waals surface area contributed by atoms with E-state index in [9.17, 15) is 14.0 Å². The molecule has 1 aliphatic carbocycles. The van der Waals surface area contributed by atoms with Gasteiger partial charge in [0, 0.05) is 36.2 Å². The molecule has 4 rings (SSSR count). The van der Waals surface area contributed by atoms with Crippen LogP contribution in [0.1, 0.15) is 56.8 Å². The van der Waals surface area contributed by atoms with Crippen LogP contribution in [0.4, 0.5) is 14.9 Å². The summed E-state index contributed by atoms with van der Waals surface area (Å²) in [6.07, 6.45) is 4.76. The van der Waals surface area contributed by atoms with Gasteiger partial charge in [-0.25, -0.2) is 14.0 Å². The smallest absolute Gasteiger partial charge is 0.410 e. The summed E-state index contributed by atoms with van der Waals surface area (Å²) >= 11 is 0. The van der Waals surface area contributed by atoms with Crippen LogP contribution in [0.15, 0.2) is 18.3 Å². The number of methoxy groups -OCH3 is 1. The van der Waals surface area contributed by atoms with Gasteiger partial charge >= 0.3 is 12.1 Å². The van der Waals surface area contributed by atoms with E-state index >= 15 is 0 Å².